The van der Waals surface area contributed by atoms with Crippen LogP contribution in [-0.2, 0) is 0 Å². The number of benzene rings is 2. The van der Waals surface area contributed by atoms with Gasteiger partial charge >= 0.3 is 0 Å². The van der Waals surface area contributed by atoms with Crippen LogP contribution in [0.5, 0.6) is 0 Å². The summed E-state index contributed by atoms with van der Waals surface area (Å²) in [5.41, 5.74) is 8.45. The van der Waals surface area contributed by atoms with Crippen LogP contribution in [0.15, 0.2) is 54.6 Å². The van der Waals surface area contributed by atoms with Crippen LogP contribution < -0.4 is 11.0 Å². The summed E-state index contributed by atoms with van der Waals surface area (Å²) in [6.07, 6.45) is 0. The second-order valence-corrected chi connectivity index (χ2v) is 4.22. The molecule has 2 unspecified atom stereocenters. The third-order valence-corrected chi connectivity index (χ3v) is 2.84. The van der Waals surface area contributed by atoms with Crippen molar-refractivity contribution >= 4 is 14.5 Å². The van der Waals surface area contributed by atoms with E-state index in [4.69, 9.17) is 5.73 Å². The van der Waals surface area contributed by atoms with Crippen molar-refractivity contribution in [2.45, 2.75) is 6.04 Å². The van der Waals surface area contributed by atoms with E-state index in [2.05, 4.69) is 45.6 Å². The van der Waals surface area contributed by atoms with Gasteiger partial charge in [-0.2, -0.15) is 0 Å². The lowest BCUT2D eigenvalue weighted by molar-refractivity contribution is 0.872. The van der Waals surface area contributed by atoms with Gasteiger partial charge in [0.25, 0.3) is 0 Å². The molecule has 0 saturated carbocycles. The Balaban J connectivity index is 2.29. The van der Waals surface area contributed by atoms with E-state index in [1.807, 2.05) is 18.2 Å². The lowest BCUT2D eigenvalue weighted by atomic mass is 10.00. The van der Waals surface area contributed by atoms with Crippen molar-refractivity contribution in [3.63, 3.8) is 0 Å². The molecule has 2 heteroatoms. The maximum absolute atomic E-state index is 6.16. The molecule has 0 heterocycles. The summed E-state index contributed by atoms with van der Waals surface area (Å²) in [5.74, 6) is 0. The largest absolute Gasteiger partial charge is 0.320 e. The molecule has 0 aliphatic rings. The highest BCUT2D eigenvalue weighted by Gasteiger charge is 2.06. The number of hydrogen-bond donors (Lipinski definition) is 1. The zero-order valence-corrected chi connectivity index (χ0v) is 9.58. The average molecular weight is 215 g/mol. The van der Waals surface area contributed by atoms with E-state index in [1.165, 1.54) is 5.30 Å². The average Bonchev–Trinajstić information content (AvgIpc) is 2.30. The van der Waals surface area contributed by atoms with Gasteiger partial charge in [-0.3, -0.25) is 0 Å². The topological polar surface area (TPSA) is 26.0 Å². The molecule has 0 fully saturated rings. The Morgan fingerprint density at radius 2 is 1.33 bits per heavy atom. The highest BCUT2D eigenvalue weighted by atomic mass is 31.0. The molecule has 76 valence electrons. The second kappa shape index (κ2) is 4.57. The second-order valence-electron chi connectivity index (χ2n) is 3.56. The molecule has 0 aliphatic heterocycles. The standard InChI is InChI=1S/C13H14NP/c14-13(10-4-2-1-3-5-10)11-6-8-12(15)9-7-11/h1-9,13H,14-15H2. The molecule has 2 atom stereocenters. The maximum Gasteiger partial charge on any atom is 0.0551 e. The molecule has 0 amide bonds. The zero-order chi connectivity index (χ0) is 10.7. The molecule has 0 bridgehead atoms. The molecular formula is C13H14NP. The summed E-state index contributed by atoms with van der Waals surface area (Å²) in [6.45, 7) is 0. The predicted molar refractivity (Wildman–Crippen MR) is 68.3 cm³/mol. The number of hydrogen-bond acceptors (Lipinski definition) is 1. The smallest absolute Gasteiger partial charge is 0.0551 e. The summed E-state index contributed by atoms with van der Waals surface area (Å²) < 4.78 is 0. The van der Waals surface area contributed by atoms with Gasteiger partial charge in [0.1, 0.15) is 0 Å². The molecule has 2 N–H and O–H groups in total. The first-order valence-corrected chi connectivity index (χ1v) is 5.51. The van der Waals surface area contributed by atoms with Crippen molar-refractivity contribution in [2.24, 2.45) is 5.73 Å². The van der Waals surface area contributed by atoms with Crippen LogP contribution in [0.25, 0.3) is 0 Å². The van der Waals surface area contributed by atoms with Crippen LogP contribution in [0.2, 0.25) is 0 Å². The minimum absolute atomic E-state index is 0.0307. The monoisotopic (exact) mass is 215 g/mol. The normalized spacial score (nSPS) is 12.4. The quantitative estimate of drug-likeness (QED) is 0.764. The third kappa shape index (κ3) is 2.44. The molecule has 2 aromatic carbocycles. The van der Waals surface area contributed by atoms with Gasteiger partial charge in [0.05, 0.1) is 6.04 Å². The van der Waals surface area contributed by atoms with E-state index in [-0.39, 0.29) is 6.04 Å². The Kier molecular flexibility index (Phi) is 3.15. The van der Waals surface area contributed by atoms with Crippen LogP contribution in [0.4, 0.5) is 0 Å². The number of nitrogens with two attached hydrogens (primary N) is 1. The van der Waals surface area contributed by atoms with Crippen LogP contribution in [-0.4, -0.2) is 0 Å². The van der Waals surface area contributed by atoms with Crippen molar-refractivity contribution in [1.29, 1.82) is 0 Å². The molecule has 0 radical (unpaired) electrons. The molecule has 2 aromatic rings. The molecular weight excluding hydrogens is 201 g/mol. The lowest BCUT2D eigenvalue weighted by Crippen LogP contribution is -2.12. The Morgan fingerprint density at radius 3 is 1.93 bits per heavy atom. The molecule has 2 rings (SSSR count). The van der Waals surface area contributed by atoms with E-state index in [0.717, 1.165) is 11.1 Å². The maximum atomic E-state index is 6.16. The van der Waals surface area contributed by atoms with Gasteiger partial charge in [-0.25, -0.2) is 0 Å². The predicted octanol–water partition coefficient (Wildman–Crippen LogP) is 2.24. The molecule has 0 saturated heterocycles. The molecule has 0 spiro atoms. The first-order valence-electron chi connectivity index (χ1n) is 4.93. The van der Waals surface area contributed by atoms with E-state index < -0.39 is 0 Å². The summed E-state index contributed by atoms with van der Waals surface area (Å²) >= 11 is 0. The molecule has 1 nitrogen and oxygen atoms in total. The Bertz CT molecular complexity index is 422. The van der Waals surface area contributed by atoms with Crippen molar-refractivity contribution in [1.82, 2.24) is 0 Å². The SMILES string of the molecule is NC(c1ccccc1)c1ccc(P)cc1. The highest BCUT2D eigenvalue weighted by molar-refractivity contribution is 7.27. The summed E-state index contributed by atoms with van der Waals surface area (Å²) in [6, 6.07) is 18.4. The zero-order valence-electron chi connectivity index (χ0n) is 8.43. The van der Waals surface area contributed by atoms with Crippen molar-refractivity contribution in [3.05, 3.63) is 65.7 Å². The highest BCUT2D eigenvalue weighted by Crippen LogP contribution is 2.18. The molecule has 15 heavy (non-hydrogen) atoms. The van der Waals surface area contributed by atoms with E-state index in [9.17, 15) is 0 Å². The van der Waals surface area contributed by atoms with Crippen molar-refractivity contribution < 1.29 is 0 Å². The number of rotatable bonds is 2. The van der Waals surface area contributed by atoms with Crippen LogP contribution in [0.1, 0.15) is 17.2 Å². The Labute approximate surface area is 92.5 Å². The van der Waals surface area contributed by atoms with Crippen molar-refractivity contribution in [3.8, 4) is 0 Å². The van der Waals surface area contributed by atoms with Gasteiger partial charge in [0.2, 0.25) is 0 Å². The van der Waals surface area contributed by atoms with E-state index >= 15 is 0 Å². The minimum Gasteiger partial charge on any atom is -0.320 e. The van der Waals surface area contributed by atoms with Gasteiger partial charge in [-0.15, -0.1) is 9.24 Å². The Morgan fingerprint density at radius 1 is 0.800 bits per heavy atom. The van der Waals surface area contributed by atoms with Crippen LogP contribution in [0, 0.1) is 0 Å². The molecule has 0 aromatic heterocycles. The van der Waals surface area contributed by atoms with Gasteiger partial charge in [-0.1, -0.05) is 54.6 Å². The minimum atomic E-state index is -0.0307. The lowest BCUT2D eigenvalue weighted by Gasteiger charge is -2.12. The third-order valence-electron chi connectivity index (χ3n) is 2.45. The van der Waals surface area contributed by atoms with Crippen molar-refractivity contribution in [2.75, 3.05) is 0 Å². The van der Waals surface area contributed by atoms with Gasteiger partial charge in [0, 0.05) is 0 Å². The Hall–Kier alpha value is -1.17. The van der Waals surface area contributed by atoms with Gasteiger partial charge in [-0.05, 0) is 16.4 Å². The van der Waals surface area contributed by atoms with E-state index in [1.54, 1.807) is 0 Å². The summed E-state index contributed by atoms with van der Waals surface area (Å²) in [5, 5.41) is 1.18. The van der Waals surface area contributed by atoms with E-state index in [0.29, 0.717) is 0 Å². The van der Waals surface area contributed by atoms with Gasteiger partial charge < -0.3 is 5.73 Å². The van der Waals surface area contributed by atoms with Gasteiger partial charge in [0.15, 0.2) is 0 Å². The molecule has 0 aliphatic carbocycles. The fourth-order valence-electron chi connectivity index (χ4n) is 1.56. The summed E-state index contributed by atoms with van der Waals surface area (Å²) in [4.78, 5) is 0. The summed E-state index contributed by atoms with van der Waals surface area (Å²) in [7, 11) is 2.67. The van der Waals surface area contributed by atoms with Crippen LogP contribution in [0.3, 0.4) is 0 Å². The first kappa shape index (κ1) is 10.4. The van der Waals surface area contributed by atoms with Crippen LogP contribution >= 0.6 is 9.24 Å². The fraction of sp³-hybridized carbons (Fsp3) is 0.0769. The first-order chi connectivity index (χ1) is 7.27. The fourth-order valence-corrected chi connectivity index (χ4v) is 1.75.